The van der Waals surface area contributed by atoms with Gasteiger partial charge in [-0.1, -0.05) is 48.0 Å². The van der Waals surface area contributed by atoms with Crippen molar-refractivity contribution >= 4 is 35.5 Å². The van der Waals surface area contributed by atoms with Crippen LogP contribution in [0.25, 0.3) is 0 Å². The molecule has 0 unspecified atom stereocenters. The molecule has 0 fully saturated rings. The highest BCUT2D eigenvalue weighted by Crippen LogP contribution is 2.10. The number of nitrogens with zero attached hydrogens (tertiary/aromatic N) is 1. The van der Waals surface area contributed by atoms with E-state index >= 15 is 0 Å². The van der Waals surface area contributed by atoms with Crippen molar-refractivity contribution in [2.24, 2.45) is 45.7 Å². The molecule has 0 aromatic rings. The lowest BCUT2D eigenvalue weighted by Crippen LogP contribution is -2.56. The quantitative estimate of drug-likeness (QED) is 0.0518. The van der Waals surface area contributed by atoms with Crippen molar-refractivity contribution < 1.29 is 24.0 Å². The lowest BCUT2D eigenvalue weighted by molar-refractivity contribution is -0.133. The lowest BCUT2D eigenvalue weighted by atomic mass is 9.97. The first kappa shape index (κ1) is 36.6. The van der Waals surface area contributed by atoms with Gasteiger partial charge in [0.1, 0.15) is 18.1 Å². The standard InChI is InChI=1S/C26H51N9O5/c1-7-16(6)21(35-23(38)17(27)11-14(2)3)25(40)32-13-20(36)33-18(9-8-10-31-26(29)30)24(39)34-19(22(28)37)12-15(4)5/h14-19,21H,7-13,27H2,1-6H3,(H2,28,37)(H,32,40)(H,33,36)(H,34,39)(H,35,38)(H4,29,30,31)/t16-,17-,18-,19-,21-/m0/s1. The van der Waals surface area contributed by atoms with E-state index in [4.69, 9.17) is 22.9 Å². The largest absolute Gasteiger partial charge is 0.370 e. The molecule has 0 aromatic carbocycles. The first-order valence-electron chi connectivity index (χ1n) is 13.9. The van der Waals surface area contributed by atoms with Crippen molar-refractivity contribution in [1.82, 2.24) is 21.3 Å². The van der Waals surface area contributed by atoms with Crippen LogP contribution in [0.15, 0.2) is 4.99 Å². The molecule has 5 atom stereocenters. The third kappa shape index (κ3) is 15.2. The van der Waals surface area contributed by atoms with Gasteiger partial charge in [0.15, 0.2) is 5.96 Å². The normalized spacial score (nSPS) is 14.8. The van der Waals surface area contributed by atoms with Crippen LogP contribution in [-0.4, -0.2) is 72.8 Å². The molecule has 0 spiro atoms. The Morgan fingerprint density at radius 1 is 0.775 bits per heavy atom. The fourth-order valence-electron chi connectivity index (χ4n) is 3.86. The number of amides is 5. The Kier molecular flexibility index (Phi) is 17.2. The fraction of sp³-hybridized carbons (Fsp3) is 0.769. The summed E-state index contributed by atoms with van der Waals surface area (Å²) in [5.41, 5.74) is 22.1. The predicted octanol–water partition coefficient (Wildman–Crippen LogP) is -1.44. The monoisotopic (exact) mass is 569 g/mol. The van der Waals surface area contributed by atoms with E-state index in [2.05, 4.69) is 26.3 Å². The summed E-state index contributed by atoms with van der Waals surface area (Å²) in [7, 11) is 0. The molecule has 14 nitrogen and oxygen atoms in total. The second kappa shape index (κ2) is 18.8. The van der Waals surface area contributed by atoms with Crippen molar-refractivity contribution in [1.29, 1.82) is 0 Å². The van der Waals surface area contributed by atoms with Crippen molar-refractivity contribution in [3.05, 3.63) is 0 Å². The van der Waals surface area contributed by atoms with E-state index in [1.54, 1.807) is 0 Å². The Balaban J connectivity index is 5.39. The van der Waals surface area contributed by atoms with Crippen molar-refractivity contribution in [2.75, 3.05) is 13.1 Å². The number of primary amides is 1. The van der Waals surface area contributed by atoms with Gasteiger partial charge in [-0.05, 0) is 43.4 Å². The molecule has 12 N–H and O–H groups in total. The van der Waals surface area contributed by atoms with Gasteiger partial charge in [0.05, 0.1) is 12.6 Å². The summed E-state index contributed by atoms with van der Waals surface area (Å²) in [5.74, 6) is -2.96. The summed E-state index contributed by atoms with van der Waals surface area (Å²) >= 11 is 0. The van der Waals surface area contributed by atoms with E-state index in [1.807, 2.05) is 41.5 Å². The van der Waals surface area contributed by atoms with Gasteiger partial charge in [0.2, 0.25) is 29.5 Å². The zero-order valence-electron chi connectivity index (χ0n) is 24.8. The number of guanidine groups is 1. The first-order chi connectivity index (χ1) is 18.6. The molecular formula is C26H51N9O5. The molecule has 5 amide bonds. The van der Waals surface area contributed by atoms with Gasteiger partial charge in [-0.3, -0.25) is 29.0 Å². The second-order valence-corrected chi connectivity index (χ2v) is 11.0. The highest BCUT2D eigenvalue weighted by molar-refractivity contribution is 5.94. The smallest absolute Gasteiger partial charge is 0.243 e. The molecule has 0 aliphatic carbocycles. The number of aliphatic imine (C=N–C) groups is 1. The highest BCUT2D eigenvalue weighted by atomic mass is 16.2. The number of carbonyl (C=O) groups is 5. The topological polar surface area (TPSA) is 250 Å². The Morgan fingerprint density at radius 2 is 1.38 bits per heavy atom. The summed E-state index contributed by atoms with van der Waals surface area (Å²) in [6.45, 7) is 11.1. The predicted molar refractivity (Wildman–Crippen MR) is 154 cm³/mol. The van der Waals surface area contributed by atoms with E-state index in [1.165, 1.54) is 0 Å². The lowest BCUT2D eigenvalue weighted by Gasteiger charge is -2.26. The third-order valence-corrected chi connectivity index (χ3v) is 6.24. The van der Waals surface area contributed by atoms with Crippen molar-refractivity contribution in [3.8, 4) is 0 Å². The maximum Gasteiger partial charge on any atom is 0.243 e. The Bertz CT molecular complexity index is 875. The van der Waals surface area contributed by atoms with Crippen molar-refractivity contribution in [3.63, 3.8) is 0 Å². The number of hydrogen-bond donors (Lipinski definition) is 8. The Morgan fingerprint density at radius 3 is 1.88 bits per heavy atom. The minimum absolute atomic E-state index is 0.0850. The average Bonchev–Trinajstić information content (AvgIpc) is 2.85. The molecular weight excluding hydrogens is 518 g/mol. The van der Waals surface area contributed by atoms with Crippen LogP contribution in [-0.2, 0) is 24.0 Å². The highest BCUT2D eigenvalue weighted by Gasteiger charge is 2.29. The Labute approximate surface area is 237 Å². The van der Waals surface area contributed by atoms with Gasteiger partial charge in [-0.2, -0.15) is 0 Å². The van der Waals surface area contributed by atoms with Gasteiger partial charge in [0.25, 0.3) is 0 Å². The van der Waals surface area contributed by atoms with Gasteiger partial charge in [0, 0.05) is 6.54 Å². The zero-order chi connectivity index (χ0) is 31.0. The van der Waals surface area contributed by atoms with Crippen LogP contribution in [0, 0.1) is 17.8 Å². The van der Waals surface area contributed by atoms with Crippen LogP contribution in [0.3, 0.4) is 0 Å². The summed E-state index contributed by atoms with van der Waals surface area (Å²) < 4.78 is 0. The summed E-state index contributed by atoms with van der Waals surface area (Å²) in [5, 5.41) is 10.4. The first-order valence-corrected chi connectivity index (χ1v) is 13.9. The van der Waals surface area contributed by atoms with Crippen LogP contribution in [0.1, 0.15) is 73.6 Å². The molecule has 0 aliphatic heterocycles. The molecule has 0 aliphatic rings. The molecule has 0 heterocycles. The summed E-state index contributed by atoms with van der Waals surface area (Å²) in [4.78, 5) is 66.9. The van der Waals surface area contributed by atoms with Gasteiger partial charge >= 0.3 is 0 Å². The average molecular weight is 570 g/mol. The van der Waals surface area contributed by atoms with Crippen LogP contribution >= 0.6 is 0 Å². The van der Waals surface area contributed by atoms with Gasteiger partial charge < -0.3 is 44.2 Å². The minimum atomic E-state index is -1.04. The summed E-state index contributed by atoms with van der Waals surface area (Å²) in [6, 6.07) is -3.60. The van der Waals surface area contributed by atoms with Gasteiger partial charge in [-0.15, -0.1) is 0 Å². The molecule has 14 heteroatoms. The van der Waals surface area contributed by atoms with E-state index < -0.39 is 60.2 Å². The maximum absolute atomic E-state index is 13.0. The SMILES string of the molecule is CC[C@H](C)[C@H](NC(=O)[C@@H](N)CC(C)C)C(=O)NCC(=O)N[C@@H](CCCN=C(N)N)C(=O)N[C@@H](CC(C)C)C(N)=O. The second-order valence-electron chi connectivity index (χ2n) is 11.0. The number of nitrogens with two attached hydrogens (primary N) is 4. The summed E-state index contributed by atoms with van der Waals surface area (Å²) in [6.07, 6.45) is 1.90. The van der Waals surface area contributed by atoms with E-state index in [9.17, 15) is 24.0 Å². The van der Waals surface area contributed by atoms with E-state index in [0.29, 0.717) is 25.7 Å². The van der Waals surface area contributed by atoms with E-state index in [0.717, 1.165) is 0 Å². The molecule has 0 aromatic heterocycles. The molecule has 0 saturated carbocycles. The number of nitrogens with one attached hydrogen (secondary N) is 4. The molecule has 0 rings (SSSR count). The molecule has 230 valence electrons. The minimum Gasteiger partial charge on any atom is -0.370 e. The fourth-order valence-corrected chi connectivity index (χ4v) is 3.86. The number of hydrogen-bond acceptors (Lipinski definition) is 7. The molecule has 0 radical (unpaired) electrons. The zero-order valence-corrected chi connectivity index (χ0v) is 24.8. The van der Waals surface area contributed by atoms with Gasteiger partial charge in [-0.25, -0.2) is 0 Å². The Hall–Kier alpha value is -3.42. The van der Waals surface area contributed by atoms with E-state index in [-0.39, 0.29) is 36.7 Å². The third-order valence-electron chi connectivity index (χ3n) is 6.24. The molecule has 40 heavy (non-hydrogen) atoms. The number of rotatable bonds is 19. The maximum atomic E-state index is 13.0. The number of carbonyl (C=O) groups excluding carboxylic acids is 5. The molecule has 0 bridgehead atoms. The van der Waals surface area contributed by atoms with Crippen LogP contribution in [0.2, 0.25) is 0 Å². The van der Waals surface area contributed by atoms with Crippen LogP contribution < -0.4 is 44.2 Å². The van der Waals surface area contributed by atoms with Crippen LogP contribution in [0.5, 0.6) is 0 Å². The molecule has 0 saturated heterocycles. The van der Waals surface area contributed by atoms with Crippen LogP contribution in [0.4, 0.5) is 0 Å². The van der Waals surface area contributed by atoms with Crippen molar-refractivity contribution in [2.45, 2.75) is 97.8 Å².